The van der Waals surface area contributed by atoms with Crippen molar-refractivity contribution in [2.24, 2.45) is 0 Å². The molecule has 3 heteroatoms. The first-order valence-electron chi connectivity index (χ1n) is 5.42. The van der Waals surface area contributed by atoms with Crippen LogP contribution in [0.3, 0.4) is 0 Å². The molecule has 0 amide bonds. The van der Waals surface area contributed by atoms with Crippen molar-refractivity contribution in [1.82, 2.24) is 4.98 Å². The van der Waals surface area contributed by atoms with E-state index in [0.717, 1.165) is 28.1 Å². The van der Waals surface area contributed by atoms with Crippen LogP contribution >= 0.6 is 0 Å². The van der Waals surface area contributed by atoms with Gasteiger partial charge in [0.2, 0.25) is 0 Å². The third kappa shape index (κ3) is 2.23. The van der Waals surface area contributed by atoms with Crippen LogP contribution in [0.25, 0.3) is 11.3 Å². The van der Waals surface area contributed by atoms with Gasteiger partial charge < -0.3 is 9.84 Å². The van der Waals surface area contributed by atoms with Crippen LogP contribution in [0.2, 0.25) is 0 Å². The highest BCUT2D eigenvalue weighted by molar-refractivity contribution is 5.71. The predicted molar refractivity (Wildman–Crippen MR) is 67.4 cm³/mol. The van der Waals surface area contributed by atoms with Crippen molar-refractivity contribution in [3.8, 4) is 22.8 Å². The molecule has 0 fully saturated rings. The lowest BCUT2D eigenvalue weighted by atomic mass is 10.0. The summed E-state index contributed by atoms with van der Waals surface area (Å²) in [6.07, 6.45) is 1.44. The van der Waals surface area contributed by atoms with E-state index in [1.807, 2.05) is 19.9 Å². The molecule has 1 aromatic carbocycles. The number of aryl methyl sites for hydroxylation is 2. The number of aromatic hydroxyl groups is 1. The van der Waals surface area contributed by atoms with Gasteiger partial charge in [0, 0.05) is 5.56 Å². The van der Waals surface area contributed by atoms with E-state index in [2.05, 4.69) is 11.1 Å². The van der Waals surface area contributed by atoms with Crippen LogP contribution in [0.1, 0.15) is 11.1 Å². The lowest BCUT2D eigenvalue weighted by Gasteiger charge is -2.12. The average molecular weight is 229 g/mol. The normalized spacial score (nSPS) is 10.3. The molecule has 0 saturated carbocycles. The van der Waals surface area contributed by atoms with Crippen molar-refractivity contribution in [3.63, 3.8) is 0 Å². The van der Waals surface area contributed by atoms with Crippen LogP contribution in [0.15, 0.2) is 30.5 Å². The van der Waals surface area contributed by atoms with Gasteiger partial charge in [0.05, 0.1) is 19.0 Å². The maximum absolute atomic E-state index is 9.25. The number of pyridine rings is 1. The molecule has 2 rings (SSSR count). The van der Waals surface area contributed by atoms with Crippen molar-refractivity contribution >= 4 is 0 Å². The minimum Gasteiger partial charge on any atom is -0.506 e. The summed E-state index contributed by atoms with van der Waals surface area (Å²) in [5.74, 6) is 0.971. The van der Waals surface area contributed by atoms with E-state index in [4.69, 9.17) is 4.74 Å². The van der Waals surface area contributed by atoms with Gasteiger partial charge >= 0.3 is 0 Å². The van der Waals surface area contributed by atoms with Crippen LogP contribution in [0.5, 0.6) is 11.5 Å². The summed E-state index contributed by atoms with van der Waals surface area (Å²) in [6, 6.07) is 7.49. The monoisotopic (exact) mass is 229 g/mol. The fourth-order valence-corrected chi connectivity index (χ4v) is 1.95. The van der Waals surface area contributed by atoms with E-state index in [1.165, 1.54) is 6.20 Å². The van der Waals surface area contributed by atoms with E-state index in [1.54, 1.807) is 19.2 Å². The molecule has 0 bridgehead atoms. The second-order valence-corrected chi connectivity index (χ2v) is 4.06. The zero-order valence-corrected chi connectivity index (χ0v) is 10.2. The highest BCUT2D eigenvalue weighted by Gasteiger charge is 2.11. The van der Waals surface area contributed by atoms with Gasteiger partial charge in [-0.1, -0.05) is 6.07 Å². The van der Waals surface area contributed by atoms with E-state index in [9.17, 15) is 5.11 Å². The molecule has 0 aliphatic heterocycles. The van der Waals surface area contributed by atoms with Crippen LogP contribution in [0.4, 0.5) is 0 Å². The van der Waals surface area contributed by atoms with E-state index in [0.29, 0.717) is 0 Å². The van der Waals surface area contributed by atoms with Gasteiger partial charge in [-0.15, -0.1) is 0 Å². The summed E-state index contributed by atoms with van der Waals surface area (Å²) < 4.78 is 5.39. The molecule has 17 heavy (non-hydrogen) atoms. The second kappa shape index (κ2) is 4.45. The highest BCUT2D eigenvalue weighted by Crippen LogP contribution is 2.33. The first-order valence-corrected chi connectivity index (χ1v) is 5.42. The SMILES string of the molecule is COc1cc(C)cc(C)c1-c1ccc(O)cn1. The van der Waals surface area contributed by atoms with Crippen LogP contribution in [-0.2, 0) is 0 Å². The molecular weight excluding hydrogens is 214 g/mol. The topological polar surface area (TPSA) is 42.4 Å². The minimum absolute atomic E-state index is 0.164. The van der Waals surface area contributed by atoms with Crippen LogP contribution in [0, 0.1) is 13.8 Å². The van der Waals surface area contributed by atoms with Crippen molar-refractivity contribution in [1.29, 1.82) is 0 Å². The molecule has 1 aromatic heterocycles. The Morgan fingerprint density at radius 2 is 1.94 bits per heavy atom. The third-order valence-electron chi connectivity index (χ3n) is 2.67. The number of rotatable bonds is 2. The summed E-state index contributed by atoms with van der Waals surface area (Å²) >= 11 is 0. The summed E-state index contributed by atoms with van der Waals surface area (Å²) in [5, 5.41) is 9.25. The fraction of sp³-hybridized carbons (Fsp3) is 0.214. The second-order valence-electron chi connectivity index (χ2n) is 4.06. The van der Waals surface area contributed by atoms with Gasteiger partial charge in [-0.2, -0.15) is 0 Å². The Balaban J connectivity index is 2.61. The molecule has 3 nitrogen and oxygen atoms in total. The summed E-state index contributed by atoms with van der Waals surface area (Å²) in [5.41, 5.74) is 4.04. The van der Waals surface area contributed by atoms with E-state index < -0.39 is 0 Å². The van der Waals surface area contributed by atoms with Crippen molar-refractivity contribution in [3.05, 3.63) is 41.6 Å². The Morgan fingerprint density at radius 3 is 2.53 bits per heavy atom. The van der Waals surface area contributed by atoms with Crippen molar-refractivity contribution < 1.29 is 9.84 Å². The number of hydrogen-bond donors (Lipinski definition) is 1. The van der Waals surface area contributed by atoms with Gasteiger partial charge in [0.25, 0.3) is 0 Å². The predicted octanol–water partition coefficient (Wildman–Crippen LogP) is 3.08. The molecule has 0 atom stereocenters. The number of nitrogens with zero attached hydrogens (tertiary/aromatic N) is 1. The van der Waals surface area contributed by atoms with Gasteiger partial charge in [-0.05, 0) is 43.2 Å². The average Bonchev–Trinajstić information content (AvgIpc) is 2.30. The number of aromatic nitrogens is 1. The van der Waals surface area contributed by atoms with Gasteiger partial charge in [0.15, 0.2) is 0 Å². The van der Waals surface area contributed by atoms with Gasteiger partial charge in [-0.3, -0.25) is 4.98 Å². The number of benzene rings is 1. The fourth-order valence-electron chi connectivity index (χ4n) is 1.95. The lowest BCUT2D eigenvalue weighted by Crippen LogP contribution is -1.94. The molecule has 1 N–H and O–H groups in total. The molecule has 1 heterocycles. The summed E-state index contributed by atoms with van der Waals surface area (Å²) in [7, 11) is 1.65. The van der Waals surface area contributed by atoms with E-state index in [-0.39, 0.29) is 5.75 Å². The maximum Gasteiger partial charge on any atom is 0.133 e. The largest absolute Gasteiger partial charge is 0.506 e. The van der Waals surface area contributed by atoms with Gasteiger partial charge in [0.1, 0.15) is 11.5 Å². The zero-order chi connectivity index (χ0) is 12.4. The first kappa shape index (κ1) is 11.5. The molecule has 0 spiro atoms. The standard InChI is InChI=1S/C14H15NO2/c1-9-6-10(2)14(13(7-9)17-3)12-5-4-11(16)8-15-12/h4-8,16H,1-3H3. The number of methoxy groups -OCH3 is 1. The van der Waals surface area contributed by atoms with Crippen LogP contribution < -0.4 is 4.74 Å². The Labute approximate surface area is 101 Å². The molecule has 0 aliphatic carbocycles. The van der Waals surface area contributed by atoms with Crippen LogP contribution in [-0.4, -0.2) is 17.2 Å². The molecule has 2 aromatic rings. The summed E-state index contributed by atoms with van der Waals surface area (Å²) in [6.45, 7) is 4.06. The first-order chi connectivity index (χ1) is 8.11. The van der Waals surface area contributed by atoms with Crippen molar-refractivity contribution in [2.45, 2.75) is 13.8 Å². The maximum atomic E-state index is 9.25. The molecule has 0 radical (unpaired) electrons. The molecular formula is C14H15NO2. The molecule has 88 valence electrons. The number of hydrogen-bond acceptors (Lipinski definition) is 3. The Kier molecular flexibility index (Phi) is 3.00. The zero-order valence-electron chi connectivity index (χ0n) is 10.2. The quantitative estimate of drug-likeness (QED) is 0.860. The molecule has 0 aliphatic rings. The van der Waals surface area contributed by atoms with Gasteiger partial charge in [-0.25, -0.2) is 0 Å². The smallest absolute Gasteiger partial charge is 0.133 e. The summed E-state index contributed by atoms with van der Waals surface area (Å²) in [4.78, 5) is 4.22. The number of ether oxygens (including phenoxy) is 1. The highest BCUT2D eigenvalue weighted by atomic mass is 16.5. The third-order valence-corrected chi connectivity index (χ3v) is 2.67. The molecule has 0 unspecified atom stereocenters. The molecule has 0 saturated heterocycles. The Hall–Kier alpha value is -2.03. The minimum atomic E-state index is 0.164. The lowest BCUT2D eigenvalue weighted by molar-refractivity contribution is 0.415. The Bertz CT molecular complexity index is 533. The van der Waals surface area contributed by atoms with E-state index >= 15 is 0 Å². The Morgan fingerprint density at radius 1 is 1.18 bits per heavy atom. The van der Waals surface area contributed by atoms with Crippen molar-refractivity contribution in [2.75, 3.05) is 7.11 Å².